The average molecular weight is 375 g/mol. The van der Waals surface area contributed by atoms with E-state index in [9.17, 15) is 8.78 Å². The van der Waals surface area contributed by atoms with Gasteiger partial charge < -0.3 is 4.42 Å². The second-order valence-electron chi connectivity index (χ2n) is 9.05. The summed E-state index contributed by atoms with van der Waals surface area (Å²) in [5.74, 6) is 1.86. The molecule has 1 nitrogen and oxygen atoms in total. The van der Waals surface area contributed by atoms with Gasteiger partial charge in [-0.05, 0) is 86.8 Å². The van der Waals surface area contributed by atoms with Crippen molar-refractivity contribution in [3.05, 3.63) is 35.1 Å². The molecule has 1 heterocycles. The van der Waals surface area contributed by atoms with Crippen LogP contribution in [-0.2, 0) is 0 Å². The zero-order valence-electron chi connectivity index (χ0n) is 16.7. The Balaban J connectivity index is 1.41. The van der Waals surface area contributed by atoms with Crippen LogP contribution in [0.5, 0.6) is 0 Å². The minimum Gasteiger partial charge on any atom is -0.458 e. The van der Waals surface area contributed by atoms with E-state index in [-0.39, 0.29) is 11.5 Å². The van der Waals surface area contributed by atoms with Crippen molar-refractivity contribution in [2.24, 2.45) is 17.8 Å². The Kier molecular flexibility index (Phi) is 5.57. The van der Waals surface area contributed by atoms with Crippen molar-refractivity contribution in [1.82, 2.24) is 0 Å². The number of hydrogen-bond acceptors (Lipinski definition) is 1. The molecule has 2 aromatic rings. The van der Waals surface area contributed by atoms with Gasteiger partial charge in [-0.2, -0.15) is 4.39 Å². The Morgan fingerprint density at radius 1 is 0.889 bits per heavy atom. The van der Waals surface area contributed by atoms with E-state index < -0.39 is 11.6 Å². The fourth-order valence-electron chi connectivity index (χ4n) is 5.83. The molecule has 1 aromatic carbocycles. The first kappa shape index (κ1) is 19.0. The Morgan fingerprint density at radius 2 is 1.52 bits per heavy atom. The number of halogens is 2. The third kappa shape index (κ3) is 3.79. The summed E-state index contributed by atoms with van der Waals surface area (Å²) in [6, 6.07) is 3.63. The molecular formula is C24H32F2O. The van der Waals surface area contributed by atoms with E-state index in [0.29, 0.717) is 16.7 Å². The van der Waals surface area contributed by atoms with Gasteiger partial charge in [-0.3, -0.25) is 0 Å². The van der Waals surface area contributed by atoms with Gasteiger partial charge >= 0.3 is 0 Å². The number of fused-ring (bicyclic) bond motifs is 1. The quantitative estimate of drug-likeness (QED) is 0.530. The predicted octanol–water partition coefficient (Wildman–Crippen LogP) is 7.90. The van der Waals surface area contributed by atoms with E-state index >= 15 is 0 Å². The molecule has 0 unspecified atom stereocenters. The van der Waals surface area contributed by atoms with Crippen LogP contribution in [0, 0.1) is 36.3 Å². The first-order chi connectivity index (χ1) is 13.1. The van der Waals surface area contributed by atoms with Crippen LogP contribution >= 0.6 is 0 Å². The molecule has 148 valence electrons. The van der Waals surface area contributed by atoms with Crippen molar-refractivity contribution < 1.29 is 13.2 Å². The Morgan fingerprint density at radius 3 is 2.15 bits per heavy atom. The van der Waals surface area contributed by atoms with Crippen molar-refractivity contribution in [3.8, 4) is 0 Å². The summed E-state index contributed by atoms with van der Waals surface area (Å²) >= 11 is 0. The summed E-state index contributed by atoms with van der Waals surface area (Å²) in [7, 11) is 0. The monoisotopic (exact) mass is 374 g/mol. The lowest BCUT2D eigenvalue weighted by atomic mass is 9.68. The molecule has 0 saturated heterocycles. The summed E-state index contributed by atoms with van der Waals surface area (Å²) in [6.45, 7) is 4.06. The zero-order chi connectivity index (χ0) is 19.0. The minimum absolute atomic E-state index is 0.0614. The number of furan rings is 1. The molecule has 27 heavy (non-hydrogen) atoms. The summed E-state index contributed by atoms with van der Waals surface area (Å²) in [6.07, 6.45) is 12.5. The van der Waals surface area contributed by atoms with Crippen LogP contribution in [0.3, 0.4) is 0 Å². The first-order valence-electron chi connectivity index (χ1n) is 10.9. The highest BCUT2D eigenvalue weighted by Crippen LogP contribution is 2.45. The molecule has 0 bridgehead atoms. The van der Waals surface area contributed by atoms with Gasteiger partial charge in [-0.25, -0.2) is 4.39 Å². The highest BCUT2D eigenvalue weighted by Gasteiger charge is 2.32. The largest absolute Gasteiger partial charge is 0.458 e. The summed E-state index contributed by atoms with van der Waals surface area (Å²) in [5, 5.41) is 0.692. The fraction of sp³-hybridized carbons (Fsp3) is 0.667. The van der Waals surface area contributed by atoms with E-state index in [1.807, 2.05) is 12.1 Å². The van der Waals surface area contributed by atoms with Crippen molar-refractivity contribution in [2.75, 3.05) is 0 Å². The molecule has 0 N–H and O–H groups in total. The molecule has 2 fully saturated rings. The van der Waals surface area contributed by atoms with Gasteiger partial charge in [0.25, 0.3) is 0 Å². The molecule has 0 aliphatic heterocycles. The Hall–Kier alpha value is -1.38. The first-order valence-corrected chi connectivity index (χ1v) is 10.9. The standard InChI is InChI=1S/C24H32F2O/c1-3-4-16-5-7-17(8-6-16)18-9-11-19(12-10-18)21-14-20-13-15(2)27-24(20)23(26)22(21)25/h13-14,16-19H,3-12H2,1-2H3. The van der Waals surface area contributed by atoms with Crippen LogP contribution in [0.4, 0.5) is 8.78 Å². The van der Waals surface area contributed by atoms with Gasteiger partial charge in [0.2, 0.25) is 5.82 Å². The zero-order valence-corrected chi connectivity index (χ0v) is 16.7. The van der Waals surface area contributed by atoms with Crippen molar-refractivity contribution in [2.45, 2.75) is 84.0 Å². The number of rotatable bonds is 4. The van der Waals surface area contributed by atoms with Gasteiger partial charge in [-0.1, -0.05) is 32.6 Å². The lowest BCUT2D eigenvalue weighted by molar-refractivity contribution is 0.156. The van der Waals surface area contributed by atoms with Crippen LogP contribution in [0.2, 0.25) is 0 Å². The summed E-state index contributed by atoms with van der Waals surface area (Å²) < 4.78 is 34.4. The maximum atomic E-state index is 14.7. The third-order valence-corrected chi connectivity index (χ3v) is 7.31. The molecule has 0 amide bonds. The van der Waals surface area contributed by atoms with E-state index in [0.717, 1.165) is 43.4 Å². The summed E-state index contributed by atoms with van der Waals surface area (Å²) in [4.78, 5) is 0. The van der Waals surface area contributed by atoms with Crippen molar-refractivity contribution in [3.63, 3.8) is 0 Å². The molecule has 2 aliphatic rings. The molecular weight excluding hydrogens is 342 g/mol. The molecule has 0 atom stereocenters. The molecule has 0 radical (unpaired) electrons. The number of hydrogen-bond donors (Lipinski definition) is 0. The molecule has 2 aliphatic carbocycles. The molecule has 4 rings (SSSR count). The smallest absolute Gasteiger partial charge is 0.202 e. The van der Waals surface area contributed by atoms with Gasteiger partial charge in [-0.15, -0.1) is 0 Å². The van der Waals surface area contributed by atoms with Crippen molar-refractivity contribution in [1.29, 1.82) is 0 Å². The molecule has 3 heteroatoms. The van der Waals surface area contributed by atoms with Crippen molar-refractivity contribution >= 4 is 11.0 Å². The number of benzene rings is 1. The van der Waals surface area contributed by atoms with Crippen LogP contribution in [0.25, 0.3) is 11.0 Å². The highest BCUT2D eigenvalue weighted by molar-refractivity contribution is 5.79. The molecule has 2 saturated carbocycles. The average Bonchev–Trinajstić information content (AvgIpc) is 3.06. The van der Waals surface area contributed by atoms with E-state index in [2.05, 4.69) is 6.92 Å². The summed E-state index contributed by atoms with van der Waals surface area (Å²) in [5.41, 5.74) is 0.622. The Labute approximate surface area is 161 Å². The maximum absolute atomic E-state index is 14.7. The van der Waals surface area contributed by atoms with E-state index in [1.165, 1.54) is 38.5 Å². The van der Waals surface area contributed by atoms with Gasteiger partial charge in [0.15, 0.2) is 11.4 Å². The van der Waals surface area contributed by atoms with E-state index in [4.69, 9.17) is 4.42 Å². The van der Waals surface area contributed by atoms with Gasteiger partial charge in [0.1, 0.15) is 5.76 Å². The van der Waals surface area contributed by atoms with E-state index in [1.54, 1.807) is 6.92 Å². The fourth-order valence-corrected chi connectivity index (χ4v) is 5.83. The maximum Gasteiger partial charge on any atom is 0.202 e. The van der Waals surface area contributed by atoms with Crippen LogP contribution in [-0.4, -0.2) is 0 Å². The lowest BCUT2D eigenvalue weighted by Crippen LogP contribution is -2.25. The van der Waals surface area contributed by atoms with Gasteiger partial charge in [0.05, 0.1) is 0 Å². The van der Waals surface area contributed by atoms with Crippen LogP contribution < -0.4 is 0 Å². The second-order valence-corrected chi connectivity index (χ2v) is 9.05. The topological polar surface area (TPSA) is 13.1 Å². The van der Waals surface area contributed by atoms with Crippen LogP contribution in [0.1, 0.15) is 88.4 Å². The molecule has 0 spiro atoms. The predicted molar refractivity (Wildman–Crippen MR) is 106 cm³/mol. The highest BCUT2D eigenvalue weighted by atomic mass is 19.2. The number of aryl methyl sites for hydroxylation is 1. The minimum atomic E-state index is -0.813. The van der Waals surface area contributed by atoms with Crippen LogP contribution in [0.15, 0.2) is 16.5 Å². The normalized spacial score (nSPS) is 29.3. The third-order valence-electron chi connectivity index (χ3n) is 7.31. The van der Waals surface area contributed by atoms with Gasteiger partial charge in [0, 0.05) is 5.39 Å². The lowest BCUT2D eigenvalue weighted by Gasteiger charge is -2.38. The molecule has 1 aromatic heterocycles. The second kappa shape index (κ2) is 7.93. The Bertz CT molecular complexity index is 777. The SMILES string of the molecule is CCCC1CCC(C2CCC(c3cc4cc(C)oc4c(F)c3F)CC2)CC1.